The van der Waals surface area contributed by atoms with Gasteiger partial charge in [0.1, 0.15) is 0 Å². The molecule has 1 amide bonds. The van der Waals surface area contributed by atoms with Crippen molar-refractivity contribution in [3.8, 4) is 0 Å². The van der Waals surface area contributed by atoms with Crippen LogP contribution in [0.4, 0.5) is 0 Å². The monoisotopic (exact) mass is 247 g/mol. The standard InChI is InChI=1S/C14H21N3O/c1-5-16-13(18)14(3,4)11-6-7-12(17-9-11)10(2)8-15/h6-9H,5,15H2,1-4H3,(H,16,18)/b10-8-. The SMILES string of the molecule is CCNC(=O)C(C)(C)c1ccc(/C(C)=C\N)nc1. The average molecular weight is 247 g/mol. The van der Waals surface area contributed by atoms with E-state index in [2.05, 4.69) is 10.3 Å². The van der Waals surface area contributed by atoms with Crippen LogP contribution in [0.15, 0.2) is 24.5 Å². The lowest BCUT2D eigenvalue weighted by Gasteiger charge is -2.23. The Morgan fingerprint density at radius 2 is 2.17 bits per heavy atom. The summed E-state index contributed by atoms with van der Waals surface area (Å²) >= 11 is 0. The first-order valence-electron chi connectivity index (χ1n) is 6.07. The number of carbonyl (C=O) groups excluding carboxylic acids is 1. The molecule has 0 bridgehead atoms. The van der Waals surface area contributed by atoms with E-state index in [-0.39, 0.29) is 5.91 Å². The Labute approximate surface area is 108 Å². The molecule has 0 aliphatic heterocycles. The van der Waals surface area contributed by atoms with Gasteiger partial charge in [0.05, 0.1) is 11.1 Å². The normalized spacial score (nSPS) is 12.3. The van der Waals surface area contributed by atoms with Gasteiger partial charge in [0.2, 0.25) is 5.91 Å². The molecule has 0 aromatic carbocycles. The molecule has 1 aromatic heterocycles. The van der Waals surface area contributed by atoms with Crippen LogP contribution in [-0.4, -0.2) is 17.4 Å². The van der Waals surface area contributed by atoms with Crippen LogP contribution in [0.3, 0.4) is 0 Å². The Bertz CT molecular complexity index is 447. The van der Waals surface area contributed by atoms with Crippen molar-refractivity contribution in [2.75, 3.05) is 6.54 Å². The molecule has 1 rings (SSSR count). The Kier molecular flexibility index (Phi) is 4.48. The summed E-state index contributed by atoms with van der Waals surface area (Å²) in [5.74, 6) is 0.00522. The number of hydrogen-bond donors (Lipinski definition) is 2. The number of nitrogens with zero attached hydrogens (tertiary/aromatic N) is 1. The summed E-state index contributed by atoms with van der Waals surface area (Å²) in [7, 11) is 0. The van der Waals surface area contributed by atoms with E-state index in [1.54, 1.807) is 6.20 Å². The van der Waals surface area contributed by atoms with E-state index in [4.69, 9.17) is 5.73 Å². The quantitative estimate of drug-likeness (QED) is 0.852. The second-order valence-electron chi connectivity index (χ2n) is 4.77. The lowest BCUT2D eigenvalue weighted by molar-refractivity contribution is -0.125. The van der Waals surface area contributed by atoms with E-state index < -0.39 is 5.41 Å². The van der Waals surface area contributed by atoms with Crippen LogP contribution in [0, 0.1) is 0 Å². The first kappa shape index (κ1) is 14.2. The van der Waals surface area contributed by atoms with Crippen molar-refractivity contribution in [1.29, 1.82) is 0 Å². The predicted octanol–water partition coefficient (Wildman–Crippen LogP) is 1.81. The lowest BCUT2D eigenvalue weighted by Crippen LogP contribution is -2.40. The number of nitrogens with two attached hydrogens (primary N) is 1. The Morgan fingerprint density at radius 1 is 1.50 bits per heavy atom. The highest BCUT2D eigenvalue weighted by Gasteiger charge is 2.29. The highest BCUT2D eigenvalue weighted by Crippen LogP contribution is 2.23. The van der Waals surface area contributed by atoms with Crippen molar-refractivity contribution in [2.45, 2.75) is 33.1 Å². The fourth-order valence-electron chi connectivity index (χ4n) is 1.59. The molecule has 0 aliphatic rings. The van der Waals surface area contributed by atoms with Crippen LogP contribution in [-0.2, 0) is 10.2 Å². The van der Waals surface area contributed by atoms with Crippen LogP contribution in [0.25, 0.3) is 5.57 Å². The molecular weight excluding hydrogens is 226 g/mol. The van der Waals surface area contributed by atoms with E-state index >= 15 is 0 Å². The zero-order chi connectivity index (χ0) is 13.8. The Morgan fingerprint density at radius 3 is 2.61 bits per heavy atom. The minimum absolute atomic E-state index is 0.00522. The number of amides is 1. The zero-order valence-electron chi connectivity index (χ0n) is 11.4. The summed E-state index contributed by atoms with van der Waals surface area (Å²) in [4.78, 5) is 16.3. The van der Waals surface area contributed by atoms with Crippen molar-refractivity contribution in [3.05, 3.63) is 35.8 Å². The summed E-state index contributed by atoms with van der Waals surface area (Å²) in [5, 5.41) is 2.83. The summed E-state index contributed by atoms with van der Waals surface area (Å²) in [6.45, 7) is 8.21. The van der Waals surface area contributed by atoms with Gasteiger partial charge < -0.3 is 11.1 Å². The van der Waals surface area contributed by atoms with Crippen LogP contribution in [0.1, 0.15) is 39.0 Å². The van der Waals surface area contributed by atoms with Gasteiger partial charge in [-0.25, -0.2) is 0 Å². The van der Waals surface area contributed by atoms with Gasteiger partial charge in [0.15, 0.2) is 0 Å². The third kappa shape index (κ3) is 2.88. The molecular formula is C14H21N3O. The van der Waals surface area contributed by atoms with E-state index in [9.17, 15) is 4.79 Å². The minimum Gasteiger partial charge on any atom is -0.404 e. The number of nitrogens with one attached hydrogen (secondary N) is 1. The van der Waals surface area contributed by atoms with Gasteiger partial charge in [0.25, 0.3) is 0 Å². The zero-order valence-corrected chi connectivity index (χ0v) is 11.4. The molecule has 0 aliphatic carbocycles. The maximum absolute atomic E-state index is 12.0. The van der Waals surface area contributed by atoms with Crippen molar-refractivity contribution in [1.82, 2.24) is 10.3 Å². The highest BCUT2D eigenvalue weighted by atomic mass is 16.2. The number of pyridine rings is 1. The minimum atomic E-state index is -0.581. The van der Waals surface area contributed by atoms with Crippen LogP contribution < -0.4 is 11.1 Å². The molecule has 4 heteroatoms. The van der Waals surface area contributed by atoms with Crippen molar-refractivity contribution < 1.29 is 4.79 Å². The van der Waals surface area contributed by atoms with Crippen LogP contribution in [0.5, 0.6) is 0 Å². The summed E-state index contributed by atoms with van der Waals surface area (Å²) in [6, 6.07) is 3.81. The molecule has 0 atom stereocenters. The molecule has 1 aromatic rings. The molecule has 0 unspecified atom stereocenters. The molecule has 0 radical (unpaired) electrons. The first-order valence-corrected chi connectivity index (χ1v) is 6.07. The van der Waals surface area contributed by atoms with Gasteiger partial charge in [-0.15, -0.1) is 0 Å². The molecule has 18 heavy (non-hydrogen) atoms. The van der Waals surface area contributed by atoms with Gasteiger partial charge in [-0.2, -0.15) is 0 Å². The Hall–Kier alpha value is -1.84. The number of hydrogen-bond acceptors (Lipinski definition) is 3. The number of likely N-dealkylation sites (N-methyl/N-ethyl adjacent to an activating group) is 1. The predicted molar refractivity (Wildman–Crippen MR) is 73.8 cm³/mol. The number of allylic oxidation sites excluding steroid dienone is 1. The van der Waals surface area contributed by atoms with Gasteiger partial charge in [-0.3, -0.25) is 9.78 Å². The molecule has 3 N–H and O–H groups in total. The fourth-order valence-corrected chi connectivity index (χ4v) is 1.59. The number of rotatable bonds is 4. The number of aromatic nitrogens is 1. The van der Waals surface area contributed by atoms with Gasteiger partial charge >= 0.3 is 0 Å². The second-order valence-corrected chi connectivity index (χ2v) is 4.77. The third-order valence-corrected chi connectivity index (χ3v) is 3.04. The van der Waals surface area contributed by atoms with E-state index in [1.165, 1.54) is 6.20 Å². The number of carbonyl (C=O) groups is 1. The van der Waals surface area contributed by atoms with Gasteiger partial charge in [0, 0.05) is 12.7 Å². The molecule has 0 saturated carbocycles. The van der Waals surface area contributed by atoms with E-state index in [1.807, 2.05) is 39.8 Å². The van der Waals surface area contributed by atoms with Crippen LogP contribution >= 0.6 is 0 Å². The highest BCUT2D eigenvalue weighted by molar-refractivity contribution is 5.87. The largest absolute Gasteiger partial charge is 0.404 e. The molecule has 1 heterocycles. The maximum Gasteiger partial charge on any atom is 0.230 e. The molecule has 0 saturated heterocycles. The van der Waals surface area contributed by atoms with Crippen molar-refractivity contribution >= 4 is 11.5 Å². The molecule has 0 fully saturated rings. The summed E-state index contributed by atoms with van der Waals surface area (Å²) in [5.41, 5.74) is 7.50. The summed E-state index contributed by atoms with van der Waals surface area (Å²) < 4.78 is 0. The topological polar surface area (TPSA) is 68.0 Å². The first-order chi connectivity index (χ1) is 8.43. The van der Waals surface area contributed by atoms with Crippen LogP contribution in [0.2, 0.25) is 0 Å². The van der Waals surface area contributed by atoms with E-state index in [0.29, 0.717) is 6.54 Å². The Balaban J connectivity index is 3.01. The second kappa shape index (κ2) is 5.67. The average Bonchev–Trinajstić information content (AvgIpc) is 2.38. The van der Waals surface area contributed by atoms with Crippen molar-refractivity contribution in [2.24, 2.45) is 5.73 Å². The fraction of sp³-hybridized carbons (Fsp3) is 0.429. The smallest absolute Gasteiger partial charge is 0.230 e. The van der Waals surface area contributed by atoms with E-state index in [0.717, 1.165) is 16.8 Å². The molecule has 0 spiro atoms. The maximum atomic E-state index is 12.0. The third-order valence-electron chi connectivity index (χ3n) is 3.04. The van der Waals surface area contributed by atoms with Gasteiger partial charge in [-0.1, -0.05) is 6.07 Å². The molecule has 4 nitrogen and oxygen atoms in total. The molecule has 98 valence electrons. The summed E-state index contributed by atoms with van der Waals surface area (Å²) in [6.07, 6.45) is 3.26. The van der Waals surface area contributed by atoms with Gasteiger partial charge in [-0.05, 0) is 51.1 Å². The lowest BCUT2D eigenvalue weighted by atomic mass is 9.84. The van der Waals surface area contributed by atoms with Crippen molar-refractivity contribution in [3.63, 3.8) is 0 Å².